The molecule has 3 unspecified atom stereocenters. The molecule has 0 aromatic rings. The Hall–Kier alpha value is -0.690. The zero-order chi connectivity index (χ0) is 12.9. The predicted molar refractivity (Wildman–Crippen MR) is 62.2 cm³/mol. The van der Waals surface area contributed by atoms with Gasteiger partial charge in [-0.2, -0.15) is 13.2 Å². The lowest BCUT2D eigenvalue weighted by Crippen LogP contribution is -2.43. The Balaban J connectivity index is 2.60. The molecule has 17 heavy (non-hydrogen) atoms. The van der Waals surface area contributed by atoms with Crippen molar-refractivity contribution in [1.29, 1.82) is 0 Å². The molecule has 1 saturated carbocycles. The summed E-state index contributed by atoms with van der Waals surface area (Å²) in [7, 11) is 0. The van der Waals surface area contributed by atoms with Crippen molar-refractivity contribution in [3.63, 3.8) is 0 Å². The van der Waals surface area contributed by atoms with Gasteiger partial charge in [0.05, 0.1) is 5.92 Å². The lowest BCUT2D eigenvalue weighted by Gasteiger charge is -2.36. The number of rotatable bonds is 3. The van der Waals surface area contributed by atoms with Crippen LogP contribution in [0.25, 0.3) is 0 Å². The second-order valence-corrected chi connectivity index (χ2v) is 4.73. The van der Waals surface area contributed by atoms with E-state index in [-0.39, 0.29) is 12.5 Å². The summed E-state index contributed by atoms with van der Waals surface area (Å²) in [5, 5.41) is 0. The molecule has 0 aromatic heterocycles. The molecule has 0 aromatic carbocycles. The second-order valence-electron chi connectivity index (χ2n) is 4.73. The van der Waals surface area contributed by atoms with E-state index < -0.39 is 18.0 Å². The maximum Gasteiger partial charge on any atom is 0.392 e. The Bertz CT molecular complexity index is 287. The number of nitrogens with two attached hydrogens (primary N) is 1. The molecule has 1 fully saturated rings. The summed E-state index contributed by atoms with van der Waals surface area (Å²) >= 11 is 0. The van der Waals surface area contributed by atoms with Crippen molar-refractivity contribution >= 4 is 0 Å². The zero-order valence-electron chi connectivity index (χ0n) is 10.2. The Morgan fingerprint density at radius 2 is 1.94 bits per heavy atom. The molecule has 1 nitrogen and oxygen atoms in total. The van der Waals surface area contributed by atoms with Gasteiger partial charge in [-0.25, -0.2) is 0 Å². The first kappa shape index (κ1) is 14.4. The van der Waals surface area contributed by atoms with Gasteiger partial charge in [-0.3, -0.25) is 0 Å². The fourth-order valence-electron chi connectivity index (χ4n) is 2.66. The largest absolute Gasteiger partial charge is 0.392 e. The second kappa shape index (κ2) is 6.30. The molecule has 0 heterocycles. The third-order valence-electron chi connectivity index (χ3n) is 3.57. The summed E-state index contributed by atoms with van der Waals surface area (Å²) < 4.78 is 38.6. The van der Waals surface area contributed by atoms with Crippen LogP contribution >= 0.6 is 0 Å². The Morgan fingerprint density at radius 3 is 2.53 bits per heavy atom. The average molecular weight is 247 g/mol. The summed E-state index contributed by atoms with van der Waals surface area (Å²) in [6.45, 7) is 1.73. The Morgan fingerprint density at radius 1 is 1.29 bits per heavy atom. The minimum absolute atomic E-state index is 0.237. The highest BCUT2D eigenvalue weighted by molar-refractivity contribution is 4.96. The van der Waals surface area contributed by atoms with E-state index in [4.69, 9.17) is 5.73 Å². The molecule has 0 spiro atoms. The van der Waals surface area contributed by atoms with E-state index in [1.165, 1.54) is 0 Å². The third-order valence-corrected chi connectivity index (χ3v) is 3.57. The first-order valence-corrected chi connectivity index (χ1v) is 6.18. The lowest BCUT2D eigenvalue weighted by molar-refractivity contribution is -0.198. The molecule has 1 rings (SSSR count). The summed E-state index contributed by atoms with van der Waals surface area (Å²) in [5.74, 6) is 3.98. The monoisotopic (exact) mass is 247 g/mol. The minimum atomic E-state index is -4.10. The van der Waals surface area contributed by atoms with Gasteiger partial charge in [0.25, 0.3) is 0 Å². The quantitative estimate of drug-likeness (QED) is 0.759. The van der Waals surface area contributed by atoms with Crippen molar-refractivity contribution in [3.8, 4) is 11.8 Å². The molecule has 2 N–H and O–H groups in total. The smallest absolute Gasteiger partial charge is 0.327 e. The number of hydrogen-bond donors (Lipinski definition) is 1. The van der Waals surface area contributed by atoms with E-state index in [1.807, 2.05) is 0 Å². The zero-order valence-corrected chi connectivity index (χ0v) is 10.2. The van der Waals surface area contributed by atoms with Crippen molar-refractivity contribution in [1.82, 2.24) is 0 Å². The number of halogens is 3. The molecule has 98 valence electrons. The van der Waals surface area contributed by atoms with Crippen LogP contribution in [0.5, 0.6) is 0 Å². The van der Waals surface area contributed by atoms with Crippen LogP contribution < -0.4 is 5.73 Å². The average Bonchev–Trinajstić information content (AvgIpc) is 2.28. The number of alkyl halides is 3. The molecule has 0 bridgehead atoms. The fourth-order valence-corrected chi connectivity index (χ4v) is 2.66. The minimum Gasteiger partial charge on any atom is -0.327 e. The van der Waals surface area contributed by atoms with Crippen LogP contribution in [-0.2, 0) is 0 Å². The van der Waals surface area contributed by atoms with Crippen molar-refractivity contribution in [3.05, 3.63) is 0 Å². The fraction of sp³-hybridized carbons (Fsp3) is 0.846. The Kier molecular flexibility index (Phi) is 5.32. The van der Waals surface area contributed by atoms with Crippen LogP contribution in [0.4, 0.5) is 13.2 Å². The van der Waals surface area contributed by atoms with Crippen LogP contribution in [0.1, 0.15) is 45.4 Å². The summed E-state index contributed by atoms with van der Waals surface area (Å²) in [6, 6.07) is -0.372. The summed E-state index contributed by atoms with van der Waals surface area (Å²) in [6.07, 6.45) is -0.561. The van der Waals surface area contributed by atoms with Crippen LogP contribution in [-0.4, -0.2) is 12.2 Å². The molecule has 0 aliphatic heterocycles. The molecule has 0 amide bonds. The number of hydrogen-bond acceptors (Lipinski definition) is 1. The van der Waals surface area contributed by atoms with Gasteiger partial charge in [0.2, 0.25) is 0 Å². The van der Waals surface area contributed by atoms with E-state index in [2.05, 4.69) is 11.8 Å². The van der Waals surface area contributed by atoms with E-state index in [0.29, 0.717) is 25.7 Å². The standard InChI is InChI=1S/C13H20F3N/c1-2-3-4-9-12(17)10-7-5-6-8-11(10)13(14,15)16/h10-12H,4-9,17H2,1H3. The molecule has 0 radical (unpaired) electrons. The first-order valence-electron chi connectivity index (χ1n) is 6.18. The molecule has 1 aliphatic carbocycles. The molecule has 1 aliphatic rings. The van der Waals surface area contributed by atoms with Gasteiger partial charge in [0, 0.05) is 12.5 Å². The normalized spacial score (nSPS) is 27.1. The predicted octanol–water partition coefficient (Wildman–Crippen LogP) is 3.49. The van der Waals surface area contributed by atoms with E-state index in [1.54, 1.807) is 6.92 Å². The third kappa shape index (κ3) is 4.23. The van der Waals surface area contributed by atoms with Crippen LogP contribution in [0.2, 0.25) is 0 Å². The van der Waals surface area contributed by atoms with Crippen molar-refractivity contribution < 1.29 is 13.2 Å². The van der Waals surface area contributed by atoms with Gasteiger partial charge in [0.1, 0.15) is 0 Å². The van der Waals surface area contributed by atoms with Gasteiger partial charge in [0.15, 0.2) is 0 Å². The van der Waals surface area contributed by atoms with Gasteiger partial charge >= 0.3 is 6.18 Å². The van der Waals surface area contributed by atoms with Gasteiger partial charge in [-0.05, 0) is 32.1 Å². The SMILES string of the molecule is CC#CCCC(N)C1CCCCC1C(F)(F)F. The molecule has 0 saturated heterocycles. The van der Waals surface area contributed by atoms with Crippen molar-refractivity contribution in [2.45, 2.75) is 57.7 Å². The lowest BCUT2D eigenvalue weighted by atomic mass is 9.74. The van der Waals surface area contributed by atoms with Gasteiger partial charge in [-0.15, -0.1) is 11.8 Å². The highest BCUT2D eigenvalue weighted by atomic mass is 19.4. The maximum atomic E-state index is 12.9. The van der Waals surface area contributed by atoms with E-state index in [0.717, 1.165) is 6.42 Å². The van der Waals surface area contributed by atoms with E-state index in [9.17, 15) is 13.2 Å². The van der Waals surface area contributed by atoms with Crippen LogP contribution in [0.3, 0.4) is 0 Å². The van der Waals surface area contributed by atoms with Gasteiger partial charge in [-0.1, -0.05) is 12.8 Å². The molecule has 4 heteroatoms. The summed E-state index contributed by atoms with van der Waals surface area (Å²) in [5.41, 5.74) is 5.91. The highest BCUT2D eigenvalue weighted by Crippen LogP contribution is 2.43. The Labute approximate surface area is 101 Å². The van der Waals surface area contributed by atoms with Crippen molar-refractivity contribution in [2.24, 2.45) is 17.6 Å². The molecule has 3 atom stereocenters. The highest BCUT2D eigenvalue weighted by Gasteiger charge is 2.46. The first-order chi connectivity index (χ1) is 7.96. The van der Waals surface area contributed by atoms with Crippen molar-refractivity contribution in [2.75, 3.05) is 0 Å². The molecular formula is C13H20F3N. The topological polar surface area (TPSA) is 26.0 Å². The molecular weight excluding hydrogens is 227 g/mol. The van der Waals surface area contributed by atoms with Gasteiger partial charge < -0.3 is 5.73 Å². The summed E-state index contributed by atoms with van der Waals surface area (Å²) in [4.78, 5) is 0. The van der Waals surface area contributed by atoms with Crippen LogP contribution in [0, 0.1) is 23.7 Å². The van der Waals surface area contributed by atoms with E-state index >= 15 is 0 Å². The maximum absolute atomic E-state index is 12.9. The van der Waals surface area contributed by atoms with Crippen LogP contribution in [0.15, 0.2) is 0 Å².